The number of aromatic nitrogens is 2. The van der Waals surface area contributed by atoms with Crippen LogP contribution < -0.4 is 5.32 Å². The number of hydrogen-bond donors (Lipinski definition) is 1. The summed E-state index contributed by atoms with van der Waals surface area (Å²) >= 11 is 3.94. The standard InChI is InChI=1S/C15H17N3OS2/c1-10-9-13(18(2)17-10)16-14(19)11-3-5-12(6-4-11)15-20-7-8-21-15/h3-6,9,15H,7-8H2,1-2H3,(H,16,19). The number of nitrogens with zero attached hydrogens (tertiary/aromatic N) is 2. The molecule has 0 unspecified atom stereocenters. The molecule has 0 radical (unpaired) electrons. The number of benzene rings is 1. The predicted octanol–water partition coefficient (Wildman–Crippen LogP) is 3.46. The molecule has 1 aliphatic heterocycles. The van der Waals surface area contributed by atoms with Gasteiger partial charge in [0, 0.05) is 30.2 Å². The number of nitrogens with one attached hydrogen (secondary N) is 1. The van der Waals surface area contributed by atoms with Gasteiger partial charge < -0.3 is 5.32 Å². The zero-order chi connectivity index (χ0) is 14.8. The van der Waals surface area contributed by atoms with Crippen molar-refractivity contribution in [3.63, 3.8) is 0 Å². The van der Waals surface area contributed by atoms with Crippen LogP contribution in [0.3, 0.4) is 0 Å². The van der Waals surface area contributed by atoms with Gasteiger partial charge in [-0.25, -0.2) is 0 Å². The van der Waals surface area contributed by atoms with E-state index < -0.39 is 0 Å². The van der Waals surface area contributed by atoms with Crippen LogP contribution in [-0.2, 0) is 7.05 Å². The van der Waals surface area contributed by atoms with Gasteiger partial charge in [-0.3, -0.25) is 9.48 Å². The van der Waals surface area contributed by atoms with E-state index in [0.717, 1.165) is 5.69 Å². The summed E-state index contributed by atoms with van der Waals surface area (Å²) < 4.78 is 2.19. The summed E-state index contributed by atoms with van der Waals surface area (Å²) in [5, 5.41) is 7.11. The molecule has 21 heavy (non-hydrogen) atoms. The molecule has 0 saturated carbocycles. The second-order valence-corrected chi connectivity index (χ2v) is 7.67. The van der Waals surface area contributed by atoms with Crippen LogP contribution in [0, 0.1) is 6.92 Å². The highest BCUT2D eigenvalue weighted by atomic mass is 32.2. The van der Waals surface area contributed by atoms with Crippen molar-refractivity contribution in [3.05, 3.63) is 47.2 Å². The fraction of sp³-hybridized carbons (Fsp3) is 0.333. The van der Waals surface area contributed by atoms with Gasteiger partial charge in [-0.2, -0.15) is 5.10 Å². The van der Waals surface area contributed by atoms with Gasteiger partial charge >= 0.3 is 0 Å². The minimum absolute atomic E-state index is 0.101. The lowest BCUT2D eigenvalue weighted by Gasteiger charge is -2.09. The van der Waals surface area contributed by atoms with Crippen LogP contribution in [0.5, 0.6) is 0 Å². The Labute approximate surface area is 132 Å². The van der Waals surface area contributed by atoms with E-state index in [9.17, 15) is 4.79 Å². The lowest BCUT2D eigenvalue weighted by atomic mass is 10.1. The molecule has 1 amide bonds. The van der Waals surface area contributed by atoms with Crippen molar-refractivity contribution in [2.45, 2.75) is 11.5 Å². The molecule has 3 rings (SSSR count). The molecule has 2 aromatic rings. The van der Waals surface area contributed by atoms with E-state index in [1.807, 2.05) is 55.7 Å². The molecule has 110 valence electrons. The third kappa shape index (κ3) is 3.27. The van der Waals surface area contributed by atoms with E-state index in [-0.39, 0.29) is 5.91 Å². The molecule has 1 fully saturated rings. The minimum atomic E-state index is -0.101. The van der Waals surface area contributed by atoms with Crippen molar-refractivity contribution < 1.29 is 4.79 Å². The number of anilines is 1. The van der Waals surface area contributed by atoms with Gasteiger partial charge in [-0.15, -0.1) is 23.5 Å². The highest BCUT2D eigenvalue weighted by Gasteiger charge is 2.18. The SMILES string of the molecule is Cc1cc(NC(=O)c2ccc(C3SCCS3)cc2)n(C)n1. The van der Waals surface area contributed by atoms with Crippen LogP contribution in [0.2, 0.25) is 0 Å². The summed E-state index contributed by atoms with van der Waals surface area (Å²) in [6.07, 6.45) is 0. The normalized spacial score (nSPS) is 15.3. The van der Waals surface area contributed by atoms with E-state index >= 15 is 0 Å². The minimum Gasteiger partial charge on any atom is -0.307 e. The molecular formula is C15H17N3OS2. The van der Waals surface area contributed by atoms with Crippen molar-refractivity contribution in [3.8, 4) is 0 Å². The Morgan fingerprint density at radius 3 is 2.52 bits per heavy atom. The van der Waals surface area contributed by atoms with Crippen LogP contribution in [-0.4, -0.2) is 27.2 Å². The van der Waals surface area contributed by atoms with Crippen LogP contribution in [0.4, 0.5) is 5.82 Å². The molecule has 1 N–H and O–H groups in total. The smallest absolute Gasteiger partial charge is 0.256 e. The fourth-order valence-corrected chi connectivity index (χ4v) is 5.12. The van der Waals surface area contributed by atoms with Gasteiger partial charge in [0.25, 0.3) is 5.91 Å². The van der Waals surface area contributed by atoms with Gasteiger partial charge in [-0.05, 0) is 24.6 Å². The molecular weight excluding hydrogens is 302 g/mol. The average Bonchev–Trinajstić information content (AvgIpc) is 3.10. The van der Waals surface area contributed by atoms with Crippen molar-refractivity contribution in [1.29, 1.82) is 0 Å². The fourth-order valence-electron chi connectivity index (χ4n) is 2.26. The Morgan fingerprint density at radius 1 is 1.29 bits per heavy atom. The third-order valence-corrected chi connectivity index (χ3v) is 6.41. The number of rotatable bonds is 3. The maximum Gasteiger partial charge on any atom is 0.256 e. The highest BCUT2D eigenvalue weighted by molar-refractivity contribution is 8.19. The zero-order valence-electron chi connectivity index (χ0n) is 12.0. The molecule has 1 aliphatic rings. The monoisotopic (exact) mass is 319 g/mol. The number of carbonyl (C=O) groups excluding carboxylic acids is 1. The van der Waals surface area contributed by atoms with E-state index in [2.05, 4.69) is 22.5 Å². The van der Waals surface area contributed by atoms with Crippen molar-refractivity contribution in [2.75, 3.05) is 16.8 Å². The predicted molar refractivity (Wildman–Crippen MR) is 90.0 cm³/mol. The summed E-state index contributed by atoms with van der Waals surface area (Å²) in [5.74, 6) is 3.02. The Hall–Kier alpha value is -1.40. The van der Waals surface area contributed by atoms with Crippen molar-refractivity contribution in [2.24, 2.45) is 7.05 Å². The van der Waals surface area contributed by atoms with Crippen molar-refractivity contribution >= 4 is 35.2 Å². The molecule has 2 heterocycles. The topological polar surface area (TPSA) is 46.9 Å². The van der Waals surface area contributed by atoms with Crippen LogP contribution in [0.25, 0.3) is 0 Å². The Kier molecular flexibility index (Phi) is 4.26. The first-order valence-corrected chi connectivity index (χ1v) is 8.88. The number of aryl methyl sites for hydroxylation is 2. The van der Waals surface area contributed by atoms with Crippen molar-refractivity contribution in [1.82, 2.24) is 9.78 Å². The molecule has 1 aromatic heterocycles. The van der Waals surface area contributed by atoms with Crippen LogP contribution in [0.1, 0.15) is 26.2 Å². The summed E-state index contributed by atoms with van der Waals surface area (Å²) in [7, 11) is 1.82. The third-order valence-electron chi connectivity index (χ3n) is 3.31. The number of hydrogen-bond acceptors (Lipinski definition) is 4. The second-order valence-electron chi connectivity index (χ2n) is 4.94. The first-order valence-electron chi connectivity index (χ1n) is 6.78. The molecule has 0 bridgehead atoms. The molecule has 0 atom stereocenters. The summed E-state index contributed by atoms with van der Waals surface area (Å²) in [4.78, 5) is 12.2. The lowest BCUT2D eigenvalue weighted by Crippen LogP contribution is -2.14. The van der Waals surface area contributed by atoms with Gasteiger partial charge in [0.1, 0.15) is 5.82 Å². The molecule has 4 nitrogen and oxygen atoms in total. The first kappa shape index (κ1) is 14.5. The number of amides is 1. The van der Waals surface area contributed by atoms with Crippen LogP contribution >= 0.6 is 23.5 Å². The van der Waals surface area contributed by atoms with Gasteiger partial charge in [-0.1, -0.05) is 12.1 Å². The Morgan fingerprint density at radius 2 is 1.95 bits per heavy atom. The van der Waals surface area contributed by atoms with E-state index in [1.165, 1.54) is 17.1 Å². The maximum absolute atomic E-state index is 12.2. The van der Waals surface area contributed by atoms with Gasteiger partial charge in [0.15, 0.2) is 0 Å². The molecule has 0 spiro atoms. The first-order chi connectivity index (χ1) is 10.1. The zero-order valence-corrected chi connectivity index (χ0v) is 13.6. The largest absolute Gasteiger partial charge is 0.307 e. The Balaban J connectivity index is 1.71. The number of thioether (sulfide) groups is 2. The van der Waals surface area contributed by atoms with E-state index in [0.29, 0.717) is 16.0 Å². The molecule has 1 saturated heterocycles. The Bertz CT molecular complexity index is 645. The highest BCUT2D eigenvalue weighted by Crippen LogP contribution is 2.45. The summed E-state index contributed by atoms with van der Waals surface area (Å²) in [5.41, 5.74) is 2.85. The maximum atomic E-state index is 12.2. The quantitative estimate of drug-likeness (QED) is 0.941. The van der Waals surface area contributed by atoms with Gasteiger partial charge in [0.2, 0.25) is 0 Å². The molecule has 1 aromatic carbocycles. The number of carbonyl (C=O) groups is 1. The van der Waals surface area contributed by atoms with E-state index in [4.69, 9.17) is 0 Å². The molecule has 0 aliphatic carbocycles. The second kappa shape index (κ2) is 6.15. The van der Waals surface area contributed by atoms with Gasteiger partial charge in [0.05, 0.1) is 10.3 Å². The van der Waals surface area contributed by atoms with Crippen LogP contribution in [0.15, 0.2) is 30.3 Å². The average molecular weight is 319 g/mol. The molecule has 6 heteroatoms. The lowest BCUT2D eigenvalue weighted by molar-refractivity contribution is 0.102. The van der Waals surface area contributed by atoms with E-state index in [1.54, 1.807) is 4.68 Å². The summed E-state index contributed by atoms with van der Waals surface area (Å²) in [6.45, 7) is 1.90. The summed E-state index contributed by atoms with van der Waals surface area (Å²) in [6, 6.07) is 9.76.